The Hall–Kier alpha value is -4.21. The number of phenols is 1. The number of barbiturate groups is 1. The predicted octanol–water partition coefficient (Wildman–Crippen LogP) is 1.78. The van der Waals surface area contributed by atoms with Gasteiger partial charge >= 0.3 is 6.03 Å². The first-order valence-electron chi connectivity index (χ1n) is 9.01. The summed E-state index contributed by atoms with van der Waals surface area (Å²) in [6.07, 6.45) is 1.18. The summed E-state index contributed by atoms with van der Waals surface area (Å²) < 4.78 is 0. The number of fused-ring (bicyclic) bond motifs is 1. The number of nitrogens with one attached hydrogen (secondary N) is 1. The van der Waals surface area contributed by atoms with E-state index in [9.17, 15) is 19.5 Å². The summed E-state index contributed by atoms with van der Waals surface area (Å²) in [4.78, 5) is 39.5. The minimum Gasteiger partial charge on any atom is -0.504 e. The molecule has 1 fully saturated rings. The fraction of sp³-hybridized carbons (Fsp3) is 0.150. The summed E-state index contributed by atoms with van der Waals surface area (Å²) in [6.45, 7) is 1.82. The zero-order chi connectivity index (χ0) is 21.6. The Balaban J connectivity index is 1.72. The number of benzene rings is 2. The van der Waals surface area contributed by atoms with Crippen LogP contribution in [0, 0.1) is 6.92 Å². The van der Waals surface area contributed by atoms with Crippen molar-refractivity contribution in [1.82, 2.24) is 24.8 Å². The van der Waals surface area contributed by atoms with Gasteiger partial charge in [0.15, 0.2) is 5.75 Å². The van der Waals surface area contributed by atoms with Crippen LogP contribution in [0.5, 0.6) is 5.75 Å². The number of anilines is 1. The van der Waals surface area contributed by atoms with Gasteiger partial charge < -0.3 is 10.4 Å². The molecular weight excluding hydrogens is 388 g/mol. The van der Waals surface area contributed by atoms with Gasteiger partial charge in [0.25, 0.3) is 11.8 Å². The molecule has 10 heteroatoms. The summed E-state index contributed by atoms with van der Waals surface area (Å²) in [7, 11) is 2.58. The molecule has 30 heavy (non-hydrogen) atoms. The van der Waals surface area contributed by atoms with E-state index >= 15 is 0 Å². The number of likely N-dealkylation sites (N-methyl/N-ethyl adjacent to an activating group) is 2. The van der Waals surface area contributed by atoms with E-state index in [-0.39, 0.29) is 17.0 Å². The van der Waals surface area contributed by atoms with Crippen molar-refractivity contribution in [3.05, 3.63) is 53.7 Å². The molecule has 0 saturated carbocycles. The Morgan fingerprint density at radius 2 is 1.53 bits per heavy atom. The second kappa shape index (κ2) is 6.99. The Bertz CT molecular complexity index is 1190. The number of amides is 4. The SMILES string of the molecule is Cc1cc(NC=C2C(=O)N(C)C(=O)N(C)C2=O)c(O)c(-n2nc3ccccc3n2)c1. The molecule has 2 aromatic carbocycles. The number of hydrogen-bond acceptors (Lipinski definition) is 7. The number of urea groups is 1. The first-order valence-corrected chi connectivity index (χ1v) is 9.01. The molecule has 152 valence electrons. The van der Waals surface area contributed by atoms with Crippen LogP contribution >= 0.6 is 0 Å². The van der Waals surface area contributed by atoms with Crippen LogP contribution in [0.25, 0.3) is 16.7 Å². The number of aromatic hydroxyl groups is 1. The van der Waals surface area contributed by atoms with E-state index in [0.717, 1.165) is 15.4 Å². The second-order valence-corrected chi connectivity index (χ2v) is 6.87. The quantitative estimate of drug-likeness (QED) is 0.386. The third kappa shape index (κ3) is 3.04. The topological polar surface area (TPSA) is 121 Å². The fourth-order valence-corrected chi connectivity index (χ4v) is 3.11. The highest BCUT2D eigenvalue weighted by atomic mass is 16.3. The number of hydrogen-bond donors (Lipinski definition) is 2. The van der Waals surface area contributed by atoms with Crippen LogP contribution < -0.4 is 5.32 Å². The molecule has 2 N–H and O–H groups in total. The van der Waals surface area contributed by atoms with E-state index in [1.807, 2.05) is 31.2 Å². The molecule has 10 nitrogen and oxygen atoms in total. The highest BCUT2D eigenvalue weighted by Crippen LogP contribution is 2.32. The molecule has 4 rings (SSSR count). The highest BCUT2D eigenvalue weighted by molar-refractivity contribution is 6.28. The van der Waals surface area contributed by atoms with E-state index in [2.05, 4.69) is 15.5 Å². The van der Waals surface area contributed by atoms with Crippen LogP contribution in [0.4, 0.5) is 10.5 Å². The number of imide groups is 2. The predicted molar refractivity (Wildman–Crippen MR) is 108 cm³/mol. The second-order valence-electron chi connectivity index (χ2n) is 6.87. The Labute approximate surface area is 171 Å². The maximum absolute atomic E-state index is 12.3. The molecule has 4 amide bonds. The van der Waals surface area contributed by atoms with Crippen LogP contribution in [-0.4, -0.2) is 61.8 Å². The number of nitrogens with zero attached hydrogens (tertiary/aromatic N) is 5. The lowest BCUT2D eigenvalue weighted by atomic mass is 10.1. The molecular formula is C20H18N6O4. The molecule has 1 aliphatic heterocycles. The zero-order valence-electron chi connectivity index (χ0n) is 16.4. The number of carbonyl (C=O) groups excluding carboxylic acids is 3. The Morgan fingerprint density at radius 1 is 0.967 bits per heavy atom. The minimum atomic E-state index is -0.733. The number of rotatable bonds is 3. The van der Waals surface area contributed by atoms with Crippen LogP contribution in [-0.2, 0) is 9.59 Å². The van der Waals surface area contributed by atoms with Gasteiger partial charge in [-0.3, -0.25) is 19.4 Å². The summed E-state index contributed by atoms with van der Waals surface area (Å²) in [5.41, 5.74) is 2.48. The summed E-state index contributed by atoms with van der Waals surface area (Å²) in [5, 5.41) is 22.3. The summed E-state index contributed by atoms with van der Waals surface area (Å²) in [5.74, 6) is -1.63. The van der Waals surface area contributed by atoms with E-state index in [0.29, 0.717) is 16.7 Å². The van der Waals surface area contributed by atoms with Gasteiger partial charge in [0.05, 0.1) is 5.69 Å². The number of carbonyl (C=O) groups is 3. The van der Waals surface area contributed by atoms with Gasteiger partial charge in [0, 0.05) is 20.3 Å². The van der Waals surface area contributed by atoms with Gasteiger partial charge in [-0.2, -0.15) is 0 Å². The smallest absolute Gasteiger partial charge is 0.333 e. The Kier molecular flexibility index (Phi) is 4.46. The lowest BCUT2D eigenvalue weighted by molar-refractivity contribution is -0.134. The van der Waals surface area contributed by atoms with Gasteiger partial charge in [0.2, 0.25) is 0 Å². The molecule has 0 spiro atoms. The third-order valence-electron chi connectivity index (χ3n) is 4.75. The molecule has 0 atom stereocenters. The van der Waals surface area contributed by atoms with E-state index < -0.39 is 17.8 Å². The van der Waals surface area contributed by atoms with Crippen molar-refractivity contribution < 1.29 is 19.5 Å². The van der Waals surface area contributed by atoms with Gasteiger partial charge in [0.1, 0.15) is 22.3 Å². The Morgan fingerprint density at radius 3 is 2.10 bits per heavy atom. The van der Waals surface area contributed by atoms with Crippen molar-refractivity contribution in [1.29, 1.82) is 0 Å². The minimum absolute atomic E-state index is 0.161. The first-order chi connectivity index (χ1) is 14.3. The highest BCUT2D eigenvalue weighted by Gasteiger charge is 2.37. The molecule has 1 saturated heterocycles. The molecule has 3 aromatic rings. The van der Waals surface area contributed by atoms with Crippen LogP contribution in [0.3, 0.4) is 0 Å². The standard InChI is InChI=1S/C20H18N6O4/c1-11-8-15(21-10-12-18(28)24(2)20(30)25(3)19(12)29)17(27)16(9-11)26-22-13-6-4-5-7-14(13)23-26/h4-10,21,27H,1-3H3. The molecule has 0 aliphatic carbocycles. The normalized spacial score (nSPS) is 14.6. The van der Waals surface area contributed by atoms with Crippen LogP contribution in [0.2, 0.25) is 0 Å². The summed E-state index contributed by atoms with van der Waals surface area (Å²) >= 11 is 0. The fourth-order valence-electron chi connectivity index (χ4n) is 3.11. The van der Waals surface area contributed by atoms with Crippen molar-refractivity contribution in [3.8, 4) is 11.4 Å². The number of phenolic OH excluding ortho intramolecular Hbond substituents is 1. The zero-order valence-corrected chi connectivity index (χ0v) is 16.4. The lowest BCUT2D eigenvalue weighted by Gasteiger charge is -2.28. The van der Waals surface area contributed by atoms with Crippen molar-refractivity contribution in [2.75, 3.05) is 19.4 Å². The summed E-state index contributed by atoms with van der Waals surface area (Å²) in [6, 6.07) is 9.95. The van der Waals surface area contributed by atoms with E-state index in [1.54, 1.807) is 12.1 Å². The number of aromatic nitrogens is 3. The molecule has 1 aliphatic rings. The van der Waals surface area contributed by atoms with E-state index in [1.165, 1.54) is 25.1 Å². The average molecular weight is 406 g/mol. The lowest BCUT2D eigenvalue weighted by Crippen LogP contribution is -2.53. The molecule has 2 heterocycles. The maximum atomic E-state index is 12.3. The van der Waals surface area contributed by atoms with Crippen molar-refractivity contribution >= 4 is 34.6 Å². The molecule has 0 radical (unpaired) electrons. The number of aryl methyl sites for hydroxylation is 1. The molecule has 0 bridgehead atoms. The van der Waals surface area contributed by atoms with Gasteiger partial charge in [-0.25, -0.2) is 4.79 Å². The van der Waals surface area contributed by atoms with Crippen molar-refractivity contribution in [2.24, 2.45) is 0 Å². The largest absolute Gasteiger partial charge is 0.504 e. The van der Waals surface area contributed by atoms with Crippen LogP contribution in [0.1, 0.15) is 5.56 Å². The first kappa shape index (κ1) is 19.1. The van der Waals surface area contributed by atoms with E-state index in [4.69, 9.17) is 0 Å². The van der Waals surface area contributed by atoms with Crippen LogP contribution in [0.15, 0.2) is 48.2 Å². The molecule has 1 aromatic heterocycles. The average Bonchev–Trinajstić information content (AvgIpc) is 3.17. The van der Waals surface area contributed by atoms with Crippen molar-refractivity contribution in [2.45, 2.75) is 6.92 Å². The third-order valence-corrected chi connectivity index (χ3v) is 4.75. The maximum Gasteiger partial charge on any atom is 0.333 e. The van der Waals surface area contributed by atoms with Gasteiger partial charge in [-0.1, -0.05) is 12.1 Å². The van der Waals surface area contributed by atoms with Crippen molar-refractivity contribution in [3.63, 3.8) is 0 Å². The molecule has 0 unspecified atom stereocenters. The van der Waals surface area contributed by atoms with Gasteiger partial charge in [-0.05, 0) is 36.8 Å². The van der Waals surface area contributed by atoms with Gasteiger partial charge in [-0.15, -0.1) is 15.0 Å². The monoisotopic (exact) mass is 406 g/mol.